The Kier molecular flexibility index (Phi) is 3.86. The van der Waals surface area contributed by atoms with Crippen molar-refractivity contribution < 1.29 is 4.39 Å². The molecule has 0 radical (unpaired) electrons. The van der Waals surface area contributed by atoms with Gasteiger partial charge in [0.25, 0.3) is 0 Å². The third kappa shape index (κ3) is 2.75. The minimum atomic E-state index is -0.184. The molecule has 0 aliphatic heterocycles. The van der Waals surface area contributed by atoms with Crippen molar-refractivity contribution in [1.82, 2.24) is 9.55 Å². The van der Waals surface area contributed by atoms with Crippen molar-refractivity contribution in [3.05, 3.63) is 59.9 Å². The van der Waals surface area contributed by atoms with Gasteiger partial charge in [-0.3, -0.25) is 0 Å². The Labute approximate surface area is 123 Å². The standard InChI is InChI=1S/C17H18FN3/c1-2-11-19-17-20-15-9-5-6-10-16(15)21(17)12-13-7-3-4-8-14(13)18/h3-10H,2,11-12H2,1H3,(H,19,20). The van der Waals surface area contributed by atoms with Gasteiger partial charge in [0, 0.05) is 12.1 Å². The Morgan fingerprint density at radius 2 is 1.86 bits per heavy atom. The van der Waals surface area contributed by atoms with E-state index in [1.165, 1.54) is 6.07 Å². The lowest BCUT2D eigenvalue weighted by atomic mass is 10.2. The van der Waals surface area contributed by atoms with Crippen molar-refractivity contribution in [2.24, 2.45) is 0 Å². The summed E-state index contributed by atoms with van der Waals surface area (Å²) in [5.74, 6) is 0.609. The fourth-order valence-corrected chi connectivity index (χ4v) is 2.40. The topological polar surface area (TPSA) is 29.9 Å². The molecule has 3 nitrogen and oxygen atoms in total. The molecule has 0 unspecified atom stereocenters. The number of nitrogens with zero attached hydrogens (tertiary/aromatic N) is 2. The maximum Gasteiger partial charge on any atom is 0.204 e. The number of rotatable bonds is 5. The van der Waals surface area contributed by atoms with Gasteiger partial charge >= 0.3 is 0 Å². The predicted octanol–water partition coefficient (Wildman–Crippen LogP) is 4.05. The number of hydrogen-bond donors (Lipinski definition) is 1. The quantitative estimate of drug-likeness (QED) is 0.765. The summed E-state index contributed by atoms with van der Waals surface area (Å²) in [6.07, 6.45) is 1.02. The number of fused-ring (bicyclic) bond motifs is 1. The molecule has 0 saturated carbocycles. The summed E-state index contributed by atoms with van der Waals surface area (Å²) in [6, 6.07) is 14.8. The van der Waals surface area contributed by atoms with E-state index in [0.717, 1.165) is 29.9 Å². The molecule has 0 fully saturated rings. The average molecular weight is 283 g/mol. The first-order valence-corrected chi connectivity index (χ1v) is 7.22. The van der Waals surface area contributed by atoms with Gasteiger partial charge in [-0.15, -0.1) is 0 Å². The largest absolute Gasteiger partial charge is 0.356 e. The van der Waals surface area contributed by atoms with E-state index >= 15 is 0 Å². The molecule has 1 aromatic heterocycles. The molecule has 3 rings (SSSR count). The Hall–Kier alpha value is -2.36. The van der Waals surface area contributed by atoms with Crippen LogP contribution >= 0.6 is 0 Å². The first kappa shape index (κ1) is 13.6. The minimum absolute atomic E-state index is 0.184. The number of nitrogens with one attached hydrogen (secondary N) is 1. The molecule has 0 bridgehead atoms. The Morgan fingerprint density at radius 3 is 2.67 bits per heavy atom. The van der Waals surface area contributed by atoms with Crippen LogP contribution in [0.3, 0.4) is 0 Å². The molecule has 108 valence electrons. The molecule has 0 saturated heterocycles. The molecule has 21 heavy (non-hydrogen) atoms. The van der Waals surface area contributed by atoms with Crippen molar-refractivity contribution in [3.63, 3.8) is 0 Å². The molecule has 2 aromatic carbocycles. The Bertz CT molecular complexity index is 749. The molecule has 0 amide bonds. The zero-order valence-electron chi connectivity index (χ0n) is 12.0. The van der Waals surface area contributed by atoms with Crippen LogP contribution in [0, 0.1) is 5.82 Å². The lowest BCUT2D eigenvalue weighted by molar-refractivity contribution is 0.602. The lowest BCUT2D eigenvalue weighted by Crippen LogP contribution is -2.10. The van der Waals surface area contributed by atoms with Gasteiger partial charge in [0.2, 0.25) is 5.95 Å². The second-order valence-corrected chi connectivity index (χ2v) is 5.03. The van der Waals surface area contributed by atoms with E-state index in [1.807, 2.05) is 41.0 Å². The molecule has 0 spiro atoms. The molecular formula is C17H18FN3. The monoisotopic (exact) mass is 283 g/mol. The third-order valence-electron chi connectivity index (χ3n) is 3.47. The van der Waals surface area contributed by atoms with E-state index < -0.39 is 0 Å². The van der Waals surface area contributed by atoms with Gasteiger partial charge in [-0.25, -0.2) is 9.37 Å². The van der Waals surface area contributed by atoms with Crippen molar-refractivity contribution in [2.45, 2.75) is 19.9 Å². The Balaban J connectivity index is 2.04. The van der Waals surface area contributed by atoms with E-state index in [2.05, 4.69) is 17.2 Å². The molecule has 3 aromatic rings. The van der Waals surface area contributed by atoms with E-state index in [4.69, 9.17) is 0 Å². The molecule has 0 aliphatic rings. The number of imidazole rings is 1. The smallest absolute Gasteiger partial charge is 0.204 e. The second kappa shape index (κ2) is 5.95. The van der Waals surface area contributed by atoms with E-state index in [9.17, 15) is 4.39 Å². The highest BCUT2D eigenvalue weighted by Crippen LogP contribution is 2.22. The Morgan fingerprint density at radius 1 is 1.10 bits per heavy atom. The number of para-hydroxylation sites is 2. The first-order chi connectivity index (χ1) is 10.3. The van der Waals surface area contributed by atoms with Crippen molar-refractivity contribution >= 4 is 17.0 Å². The van der Waals surface area contributed by atoms with Crippen LogP contribution in [-0.4, -0.2) is 16.1 Å². The minimum Gasteiger partial charge on any atom is -0.356 e. The summed E-state index contributed by atoms with van der Waals surface area (Å²) in [5, 5.41) is 3.32. The van der Waals surface area contributed by atoms with Crippen LogP contribution in [-0.2, 0) is 6.54 Å². The normalized spacial score (nSPS) is 11.0. The summed E-state index contributed by atoms with van der Waals surface area (Å²) in [5.41, 5.74) is 2.60. The van der Waals surface area contributed by atoms with Gasteiger partial charge < -0.3 is 9.88 Å². The molecule has 0 atom stereocenters. The van der Waals surface area contributed by atoms with Gasteiger partial charge in [-0.05, 0) is 24.6 Å². The summed E-state index contributed by atoms with van der Waals surface area (Å²) in [4.78, 5) is 4.61. The zero-order valence-corrected chi connectivity index (χ0v) is 12.0. The number of halogens is 1. The van der Waals surface area contributed by atoms with Gasteiger partial charge in [0.05, 0.1) is 17.6 Å². The third-order valence-corrected chi connectivity index (χ3v) is 3.47. The zero-order chi connectivity index (χ0) is 14.7. The van der Waals surface area contributed by atoms with Crippen LogP contribution in [0.1, 0.15) is 18.9 Å². The van der Waals surface area contributed by atoms with Crippen LogP contribution in [0.2, 0.25) is 0 Å². The number of benzene rings is 2. The highest BCUT2D eigenvalue weighted by Gasteiger charge is 2.11. The van der Waals surface area contributed by atoms with E-state index in [-0.39, 0.29) is 5.82 Å². The average Bonchev–Trinajstić information content (AvgIpc) is 2.85. The summed E-state index contributed by atoms with van der Waals surface area (Å²) in [7, 11) is 0. The highest BCUT2D eigenvalue weighted by molar-refractivity contribution is 5.78. The molecular weight excluding hydrogens is 265 g/mol. The number of anilines is 1. The van der Waals surface area contributed by atoms with Crippen LogP contribution < -0.4 is 5.32 Å². The molecule has 4 heteroatoms. The second-order valence-electron chi connectivity index (χ2n) is 5.03. The lowest BCUT2D eigenvalue weighted by Gasteiger charge is -2.11. The molecule has 1 N–H and O–H groups in total. The van der Waals surface area contributed by atoms with Crippen LogP contribution in [0.15, 0.2) is 48.5 Å². The fraction of sp³-hybridized carbons (Fsp3) is 0.235. The molecule has 0 aliphatic carbocycles. The van der Waals surface area contributed by atoms with Gasteiger partial charge in [0.15, 0.2) is 0 Å². The molecule has 1 heterocycles. The number of hydrogen-bond acceptors (Lipinski definition) is 2. The highest BCUT2D eigenvalue weighted by atomic mass is 19.1. The first-order valence-electron chi connectivity index (χ1n) is 7.22. The summed E-state index contributed by atoms with van der Waals surface area (Å²) < 4.78 is 15.9. The van der Waals surface area contributed by atoms with Crippen molar-refractivity contribution in [2.75, 3.05) is 11.9 Å². The van der Waals surface area contributed by atoms with E-state index in [1.54, 1.807) is 6.07 Å². The van der Waals surface area contributed by atoms with Gasteiger partial charge in [0.1, 0.15) is 5.82 Å². The number of aromatic nitrogens is 2. The SMILES string of the molecule is CCCNc1nc2ccccc2n1Cc1ccccc1F. The maximum atomic E-state index is 13.9. The summed E-state index contributed by atoms with van der Waals surface area (Å²) in [6.45, 7) is 3.43. The van der Waals surface area contributed by atoms with Gasteiger partial charge in [-0.1, -0.05) is 37.3 Å². The fourth-order valence-electron chi connectivity index (χ4n) is 2.40. The predicted molar refractivity (Wildman–Crippen MR) is 84.0 cm³/mol. The van der Waals surface area contributed by atoms with Crippen LogP contribution in [0.5, 0.6) is 0 Å². The van der Waals surface area contributed by atoms with Gasteiger partial charge in [-0.2, -0.15) is 0 Å². The summed E-state index contributed by atoms with van der Waals surface area (Å²) >= 11 is 0. The van der Waals surface area contributed by atoms with Crippen molar-refractivity contribution in [1.29, 1.82) is 0 Å². The van der Waals surface area contributed by atoms with Crippen molar-refractivity contribution in [3.8, 4) is 0 Å². The van der Waals surface area contributed by atoms with Crippen LogP contribution in [0.4, 0.5) is 10.3 Å². The van der Waals surface area contributed by atoms with Crippen LogP contribution in [0.25, 0.3) is 11.0 Å². The maximum absolute atomic E-state index is 13.9. The van der Waals surface area contributed by atoms with E-state index in [0.29, 0.717) is 12.1 Å².